The maximum absolute atomic E-state index is 10.9. The van der Waals surface area contributed by atoms with Crippen LogP contribution in [0.1, 0.15) is 22.9 Å². The highest BCUT2D eigenvalue weighted by atomic mass is 35.5. The summed E-state index contributed by atoms with van der Waals surface area (Å²) in [7, 11) is 0. The Morgan fingerprint density at radius 1 is 1.11 bits per heavy atom. The van der Waals surface area contributed by atoms with Gasteiger partial charge in [0.05, 0.1) is 11.1 Å². The van der Waals surface area contributed by atoms with Crippen molar-refractivity contribution < 1.29 is 9.63 Å². The number of aryl methyl sites for hydroxylation is 1. The minimum Gasteiger partial charge on any atom is -0.505 e. The summed E-state index contributed by atoms with van der Waals surface area (Å²) in [4.78, 5) is 4.29. The predicted octanol–water partition coefficient (Wildman–Crippen LogP) is 5.75. The molecule has 0 radical (unpaired) electrons. The van der Waals surface area contributed by atoms with Crippen LogP contribution in [0.5, 0.6) is 5.75 Å². The van der Waals surface area contributed by atoms with Gasteiger partial charge >= 0.3 is 0 Å². The zero-order valence-corrected chi connectivity index (χ0v) is 15.8. The smallest absolute Gasteiger partial charge is 0.170 e. The average Bonchev–Trinajstić information content (AvgIpc) is 3.09. The second kappa shape index (κ2) is 7.10. The maximum Gasteiger partial charge on any atom is 0.170 e. The first-order chi connectivity index (χ1) is 13.0. The molecule has 4 rings (SSSR count). The predicted molar refractivity (Wildman–Crippen MR) is 107 cm³/mol. The number of aromatic nitrogens is 2. The lowest BCUT2D eigenvalue weighted by Gasteiger charge is -2.21. The molecule has 136 valence electrons. The molecule has 4 aromatic rings. The van der Waals surface area contributed by atoms with E-state index in [9.17, 15) is 5.11 Å². The molecule has 27 heavy (non-hydrogen) atoms. The Morgan fingerprint density at radius 2 is 1.89 bits per heavy atom. The number of fused-ring (bicyclic) bond motifs is 1. The molecule has 0 amide bonds. The van der Waals surface area contributed by atoms with Crippen molar-refractivity contribution in [1.29, 1.82) is 0 Å². The normalized spacial score (nSPS) is 12.3. The fraction of sp³-hybridized carbons (Fsp3) is 0.100. The molecule has 0 aliphatic rings. The Balaban J connectivity index is 1.88. The van der Waals surface area contributed by atoms with E-state index in [1.807, 2.05) is 25.1 Å². The highest BCUT2D eigenvalue weighted by Gasteiger charge is 2.22. The number of anilines is 1. The summed E-state index contributed by atoms with van der Waals surface area (Å²) in [5, 5.41) is 20.0. The standard InChI is InChI=1S/C20H15Cl2N3O2/c1-11-9-17(25-27-11)24-18(12-4-6-13(21)7-5-12)15-10-16(22)14-3-2-8-23-19(14)20(15)26/h2-10,18,26H,1H3,(H,24,25)/t18-/m1/s1. The second-order valence-electron chi connectivity index (χ2n) is 6.15. The number of nitrogens with one attached hydrogen (secondary N) is 1. The van der Waals surface area contributed by atoms with Crippen LogP contribution in [0.2, 0.25) is 10.0 Å². The van der Waals surface area contributed by atoms with Gasteiger partial charge in [0.25, 0.3) is 0 Å². The molecule has 2 heterocycles. The van der Waals surface area contributed by atoms with Gasteiger partial charge in [-0.25, -0.2) is 0 Å². The molecule has 0 saturated carbocycles. The minimum atomic E-state index is -0.435. The van der Waals surface area contributed by atoms with E-state index < -0.39 is 6.04 Å². The van der Waals surface area contributed by atoms with Crippen LogP contribution in [0.3, 0.4) is 0 Å². The second-order valence-corrected chi connectivity index (χ2v) is 6.99. The fourth-order valence-corrected chi connectivity index (χ4v) is 3.40. The van der Waals surface area contributed by atoms with E-state index in [1.54, 1.807) is 36.5 Å². The molecular weight excluding hydrogens is 385 g/mol. The molecule has 1 atom stereocenters. The lowest BCUT2D eigenvalue weighted by Crippen LogP contribution is -2.13. The number of rotatable bonds is 4. The highest BCUT2D eigenvalue weighted by molar-refractivity contribution is 6.35. The SMILES string of the molecule is Cc1cc(N[C@H](c2ccc(Cl)cc2)c2cc(Cl)c3cccnc3c2O)no1. The van der Waals surface area contributed by atoms with Gasteiger partial charge in [-0.05, 0) is 42.8 Å². The summed E-state index contributed by atoms with van der Waals surface area (Å²) < 4.78 is 5.15. The molecule has 0 bridgehead atoms. The topological polar surface area (TPSA) is 71.2 Å². The molecule has 2 aromatic carbocycles. The summed E-state index contributed by atoms with van der Waals surface area (Å²) in [6.45, 7) is 1.81. The highest BCUT2D eigenvalue weighted by Crippen LogP contribution is 2.39. The third-order valence-corrected chi connectivity index (χ3v) is 4.84. The van der Waals surface area contributed by atoms with Crippen LogP contribution in [0.4, 0.5) is 5.82 Å². The van der Waals surface area contributed by atoms with Crippen molar-refractivity contribution in [3.05, 3.63) is 81.7 Å². The fourth-order valence-electron chi connectivity index (χ4n) is 3.00. The Kier molecular flexibility index (Phi) is 4.64. The number of hydrogen-bond donors (Lipinski definition) is 2. The van der Waals surface area contributed by atoms with Gasteiger partial charge in [0, 0.05) is 28.2 Å². The Morgan fingerprint density at radius 3 is 2.59 bits per heavy atom. The molecule has 0 aliphatic carbocycles. The van der Waals surface area contributed by atoms with Crippen molar-refractivity contribution >= 4 is 39.9 Å². The van der Waals surface area contributed by atoms with Gasteiger partial charge in [0.1, 0.15) is 17.0 Å². The molecule has 0 unspecified atom stereocenters. The van der Waals surface area contributed by atoms with Crippen LogP contribution in [0.25, 0.3) is 10.9 Å². The largest absolute Gasteiger partial charge is 0.505 e. The van der Waals surface area contributed by atoms with Crippen molar-refractivity contribution in [1.82, 2.24) is 10.1 Å². The van der Waals surface area contributed by atoms with Gasteiger partial charge in [0.15, 0.2) is 5.82 Å². The quantitative estimate of drug-likeness (QED) is 0.457. The van der Waals surface area contributed by atoms with E-state index in [1.165, 1.54) is 0 Å². The summed E-state index contributed by atoms with van der Waals surface area (Å²) >= 11 is 12.5. The maximum atomic E-state index is 10.9. The molecule has 0 spiro atoms. The molecule has 0 aliphatic heterocycles. The van der Waals surface area contributed by atoms with Crippen LogP contribution in [-0.2, 0) is 0 Å². The lowest BCUT2D eigenvalue weighted by molar-refractivity contribution is 0.399. The number of aromatic hydroxyl groups is 1. The first-order valence-electron chi connectivity index (χ1n) is 8.24. The van der Waals surface area contributed by atoms with Crippen LogP contribution >= 0.6 is 23.2 Å². The van der Waals surface area contributed by atoms with Crippen LogP contribution < -0.4 is 5.32 Å². The number of pyridine rings is 1. The van der Waals surface area contributed by atoms with Crippen molar-refractivity contribution in [2.24, 2.45) is 0 Å². The van der Waals surface area contributed by atoms with Crippen molar-refractivity contribution in [3.8, 4) is 5.75 Å². The van der Waals surface area contributed by atoms with E-state index in [2.05, 4.69) is 15.5 Å². The third kappa shape index (κ3) is 3.44. The molecular formula is C20H15Cl2N3O2. The number of phenolic OH excluding ortho intramolecular Hbond substituents is 1. The molecule has 2 aromatic heterocycles. The summed E-state index contributed by atoms with van der Waals surface area (Å²) in [6, 6.07) is 14.0. The monoisotopic (exact) mass is 399 g/mol. The van der Waals surface area contributed by atoms with E-state index in [-0.39, 0.29) is 5.75 Å². The van der Waals surface area contributed by atoms with Gasteiger partial charge in [-0.3, -0.25) is 4.98 Å². The minimum absolute atomic E-state index is 0.0580. The third-order valence-electron chi connectivity index (χ3n) is 4.28. The Labute approximate surface area is 165 Å². The van der Waals surface area contributed by atoms with Crippen LogP contribution in [-0.4, -0.2) is 15.2 Å². The van der Waals surface area contributed by atoms with Gasteiger partial charge in [-0.1, -0.05) is 40.5 Å². The lowest BCUT2D eigenvalue weighted by atomic mass is 9.96. The zero-order chi connectivity index (χ0) is 19.0. The van der Waals surface area contributed by atoms with Crippen molar-refractivity contribution in [2.75, 3.05) is 5.32 Å². The van der Waals surface area contributed by atoms with Gasteiger partial charge in [-0.15, -0.1) is 0 Å². The van der Waals surface area contributed by atoms with E-state index >= 15 is 0 Å². The number of phenols is 1. The van der Waals surface area contributed by atoms with Gasteiger partial charge < -0.3 is 14.9 Å². The Bertz CT molecular complexity index is 1110. The van der Waals surface area contributed by atoms with E-state index in [0.29, 0.717) is 38.1 Å². The first-order valence-corrected chi connectivity index (χ1v) is 9.00. The first kappa shape index (κ1) is 17.6. The molecule has 0 fully saturated rings. The van der Waals surface area contributed by atoms with E-state index in [4.69, 9.17) is 27.7 Å². The zero-order valence-electron chi connectivity index (χ0n) is 14.3. The van der Waals surface area contributed by atoms with E-state index in [0.717, 1.165) is 5.56 Å². The Hall–Kier alpha value is -2.76. The summed E-state index contributed by atoms with van der Waals surface area (Å²) in [6.07, 6.45) is 1.62. The molecule has 5 nitrogen and oxygen atoms in total. The van der Waals surface area contributed by atoms with Crippen molar-refractivity contribution in [2.45, 2.75) is 13.0 Å². The molecule has 2 N–H and O–H groups in total. The number of nitrogens with zero attached hydrogens (tertiary/aromatic N) is 2. The number of hydrogen-bond acceptors (Lipinski definition) is 5. The molecule has 0 saturated heterocycles. The van der Waals surface area contributed by atoms with Crippen LogP contribution in [0.15, 0.2) is 59.3 Å². The summed E-state index contributed by atoms with van der Waals surface area (Å²) in [5.74, 6) is 1.28. The average molecular weight is 400 g/mol. The van der Waals surface area contributed by atoms with Crippen LogP contribution in [0, 0.1) is 6.92 Å². The molecule has 7 heteroatoms. The summed E-state index contributed by atoms with van der Waals surface area (Å²) in [5.41, 5.74) is 1.90. The van der Waals surface area contributed by atoms with Gasteiger partial charge in [-0.2, -0.15) is 0 Å². The number of halogens is 2. The van der Waals surface area contributed by atoms with Crippen molar-refractivity contribution in [3.63, 3.8) is 0 Å². The number of benzene rings is 2. The van der Waals surface area contributed by atoms with Gasteiger partial charge in [0.2, 0.25) is 0 Å².